The Morgan fingerprint density at radius 1 is 1.38 bits per heavy atom. The van der Waals surface area contributed by atoms with Crippen molar-refractivity contribution in [3.63, 3.8) is 0 Å². The Morgan fingerprint density at radius 2 is 2.12 bits per heavy atom. The molecule has 0 saturated carbocycles. The second-order valence-corrected chi connectivity index (χ2v) is 6.03. The summed E-state index contributed by atoms with van der Waals surface area (Å²) in [5.41, 5.74) is 2.95. The molecule has 1 heterocycles. The highest BCUT2D eigenvalue weighted by Crippen LogP contribution is 2.29. The number of carboxylic acid groups (broad SMARTS) is 1. The number of aromatic nitrogens is 2. The summed E-state index contributed by atoms with van der Waals surface area (Å²) in [6.07, 6.45) is 2.24. The lowest BCUT2D eigenvalue weighted by Gasteiger charge is -2.09. The zero-order valence-corrected chi connectivity index (χ0v) is 13.5. The number of fused-ring (bicyclic) bond motifs is 1. The normalized spacial score (nSPS) is 14.3. The van der Waals surface area contributed by atoms with E-state index in [1.165, 1.54) is 17.7 Å². The van der Waals surface area contributed by atoms with Gasteiger partial charge in [0.15, 0.2) is 5.69 Å². The molecule has 24 heavy (non-hydrogen) atoms. The molecule has 1 aromatic heterocycles. The van der Waals surface area contributed by atoms with Crippen molar-refractivity contribution in [2.24, 2.45) is 0 Å². The van der Waals surface area contributed by atoms with E-state index in [-0.39, 0.29) is 5.69 Å². The molecule has 0 bridgehead atoms. The lowest BCUT2D eigenvalue weighted by atomic mass is 10.1. The average molecular weight is 331 g/mol. The minimum atomic E-state index is -1.12. The maximum absolute atomic E-state index is 14.2. The van der Waals surface area contributed by atoms with Gasteiger partial charge in [0, 0.05) is 11.3 Å². The summed E-state index contributed by atoms with van der Waals surface area (Å²) in [5.74, 6) is -2.08. The standard InChI is InChI=1S/C17H18FN3O3/c1-9-6-7-12(18)14(8-9)21-13-5-3-4-11(13)15(20-21)16(22)19-10(2)17(23)24/h6-8,10H,3-5H2,1-2H3,(H,19,22)(H,23,24)/t10-/m0/s1. The van der Waals surface area contributed by atoms with E-state index in [9.17, 15) is 14.0 Å². The number of aryl methyl sites for hydroxylation is 1. The van der Waals surface area contributed by atoms with Crippen molar-refractivity contribution in [1.29, 1.82) is 0 Å². The van der Waals surface area contributed by atoms with Gasteiger partial charge in [0.25, 0.3) is 5.91 Å². The van der Waals surface area contributed by atoms with Crippen LogP contribution in [0.1, 0.15) is 40.7 Å². The molecule has 1 aliphatic rings. The first-order valence-electron chi connectivity index (χ1n) is 7.79. The Hall–Kier alpha value is -2.70. The molecule has 0 aliphatic heterocycles. The summed E-state index contributed by atoms with van der Waals surface area (Å²) in [4.78, 5) is 23.3. The molecule has 0 spiro atoms. The molecule has 0 fully saturated rings. The Bertz CT molecular complexity index is 829. The van der Waals surface area contributed by atoms with Gasteiger partial charge in [0.1, 0.15) is 17.5 Å². The first-order chi connectivity index (χ1) is 11.4. The van der Waals surface area contributed by atoms with E-state index >= 15 is 0 Å². The topological polar surface area (TPSA) is 84.2 Å². The molecule has 7 heteroatoms. The van der Waals surface area contributed by atoms with Crippen LogP contribution in [-0.2, 0) is 17.6 Å². The highest BCUT2D eigenvalue weighted by atomic mass is 19.1. The lowest BCUT2D eigenvalue weighted by Crippen LogP contribution is -2.38. The molecule has 6 nitrogen and oxygen atoms in total. The van der Waals surface area contributed by atoms with Crippen LogP contribution < -0.4 is 5.32 Å². The fourth-order valence-corrected chi connectivity index (χ4v) is 2.93. The molecule has 1 aliphatic carbocycles. The predicted molar refractivity (Wildman–Crippen MR) is 84.8 cm³/mol. The molecule has 1 aromatic carbocycles. The maximum atomic E-state index is 14.2. The number of hydrogen-bond acceptors (Lipinski definition) is 3. The van der Waals surface area contributed by atoms with E-state index in [4.69, 9.17) is 5.11 Å². The van der Waals surface area contributed by atoms with Crippen LogP contribution in [0.4, 0.5) is 4.39 Å². The highest BCUT2D eigenvalue weighted by Gasteiger charge is 2.29. The third-order valence-electron chi connectivity index (χ3n) is 4.19. The molecule has 1 atom stereocenters. The molecule has 2 N–H and O–H groups in total. The number of carbonyl (C=O) groups is 2. The zero-order chi connectivity index (χ0) is 17.4. The average Bonchev–Trinajstić information content (AvgIpc) is 3.11. The maximum Gasteiger partial charge on any atom is 0.325 e. The van der Waals surface area contributed by atoms with E-state index < -0.39 is 23.7 Å². The van der Waals surface area contributed by atoms with Crippen molar-refractivity contribution in [3.05, 3.63) is 46.5 Å². The van der Waals surface area contributed by atoms with Gasteiger partial charge in [0.05, 0.1) is 0 Å². The third kappa shape index (κ3) is 2.77. The van der Waals surface area contributed by atoms with Crippen molar-refractivity contribution < 1.29 is 19.1 Å². The van der Waals surface area contributed by atoms with Crippen LogP contribution in [0, 0.1) is 12.7 Å². The number of hydrogen-bond donors (Lipinski definition) is 2. The Balaban J connectivity index is 2.03. The summed E-state index contributed by atoms with van der Waals surface area (Å²) in [6, 6.07) is 3.71. The minimum absolute atomic E-state index is 0.177. The third-order valence-corrected chi connectivity index (χ3v) is 4.19. The molecule has 0 radical (unpaired) electrons. The Morgan fingerprint density at radius 3 is 2.83 bits per heavy atom. The molecular formula is C17H18FN3O3. The van der Waals surface area contributed by atoms with Crippen LogP contribution in [0.25, 0.3) is 5.69 Å². The van der Waals surface area contributed by atoms with Gasteiger partial charge in [-0.2, -0.15) is 5.10 Å². The summed E-state index contributed by atoms with van der Waals surface area (Å²) in [5, 5.41) is 15.6. The first kappa shape index (κ1) is 16.2. The minimum Gasteiger partial charge on any atom is -0.480 e. The van der Waals surface area contributed by atoms with E-state index in [0.29, 0.717) is 18.5 Å². The van der Waals surface area contributed by atoms with Crippen molar-refractivity contribution in [2.45, 2.75) is 39.2 Å². The van der Waals surface area contributed by atoms with E-state index in [2.05, 4.69) is 10.4 Å². The van der Waals surface area contributed by atoms with Gasteiger partial charge in [-0.15, -0.1) is 0 Å². The second kappa shape index (κ2) is 6.07. The number of benzene rings is 1. The Kier molecular flexibility index (Phi) is 4.09. The lowest BCUT2D eigenvalue weighted by molar-refractivity contribution is -0.138. The first-order valence-corrected chi connectivity index (χ1v) is 7.79. The van der Waals surface area contributed by atoms with Crippen LogP contribution in [-0.4, -0.2) is 32.8 Å². The second-order valence-electron chi connectivity index (χ2n) is 6.03. The number of nitrogens with zero attached hydrogens (tertiary/aromatic N) is 2. The summed E-state index contributed by atoms with van der Waals surface area (Å²) >= 11 is 0. The van der Waals surface area contributed by atoms with Gasteiger partial charge in [-0.25, -0.2) is 9.07 Å². The molecule has 1 amide bonds. The smallest absolute Gasteiger partial charge is 0.325 e. The highest BCUT2D eigenvalue weighted by molar-refractivity contribution is 5.96. The quantitative estimate of drug-likeness (QED) is 0.897. The molecule has 3 rings (SSSR count). The van der Waals surface area contributed by atoms with Gasteiger partial charge < -0.3 is 10.4 Å². The largest absolute Gasteiger partial charge is 0.480 e. The monoisotopic (exact) mass is 331 g/mol. The molecule has 0 saturated heterocycles. The number of rotatable bonds is 4. The van der Waals surface area contributed by atoms with E-state index in [1.807, 2.05) is 6.92 Å². The van der Waals surface area contributed by atoms with Crippen LogP contribution in [0.5, 0.6) is 0 Å². The fourth-order valence-electron chi connectivity index (χ4n) is 2.93. The number of halogens is 1. The van der Waals surface area contributed by atoms with E-state index in [1.54, 1.807) is 12.1 Å². The van der Waals surface area contributed by atoms with Crippen molar-refractivity contribution in [1.82, 2.24) is 15.1 Å². The fraction of sp³-hybridized carbons (Fsp3) is 0.353. The summed E-state index contributed by atoms with van der Waals surface area (Å²) in [6.45, 7) is 3.24. The molecule has 2 aromatic rings. The van der Waals surface area contributed by atoms with Gasteiger partial charge >= 0.3 is 5.97 Å². The van der Waals surface area contributed by atoms with Gasteiger partial charge in [0.2, 0.25) is 0 Å². The SMILES string of the molecule is Cc1ccc(F)c(-n2nc(C(=O)N[C@@H](C)C(=O)O)c3c2CCC3)c1. The number of carboxylic acids is 1. The van der Waals surface area contributed by atoms with Gasteiger partial charge in [-0.05, 0) is 50.8 Å². The molecule has 0 unspecified atom stereocenters. The van der Waals surface area contributed by atoms with Crippen molar-refractivity contribution in [2.75, 3.05) is 0 Å². The number of aliphatic carboxylic acids is 1. The van der Waals surface area contributed by atoms with Gasteiger partial charge in [-0.3, -0.25) is 9.59 Å². The number of carbonyl (C=O) groups excluding carboxylic acids is 1. The molecule has 126 valence electrons. The van der Waals surface area contributed by atoms with Gasteiger partial charge in [-0.1, -0.05) is 6.07 Å². The van der Waals surface area contributed by atoms with Crippen molar-refractivity contribution in [3.8, 4) is 5.69 Å². The van der Waals surface area contributed by atoms with E-state index in [0.717, 1.165) is 23.2 Å². The Labute approximate surface area is 138 Å². The van der Waals surface area contributed by atoms with Crippen LogP contribution in [0.2, 0.25) is 0 Å². The summed E-state index contributed by atoms with van der Waals surface area (Å²) < 4.78 is 15.7. The number of nitrogens with one attached hydrogen (secondary N) is 1. The summed E-state index contributed by atoms with van der Waals surface area (Å²) in [7, 11) is 0. The predicted octanol–water partition coefficient (Wildman–Crippen LogP) is 2.01. The number of amides is 1. The zero-order valence-electron chi connectivity index (χ0n) is 13.5. The molecular weight excluding hydrogens is 313 g/mol. The van der Waals surface area contributed by atoms with Crippen molar-refractivity contribution >= 4 is 11.9 Å². The van der Waals surface area contributed by atoms with Crippen LogP contribution in [0.3, 0.4) is 0 Å². The van der Waals surface area contributed by atoms with Crippen LogP contribution >= 0.6 is 0 Å². The van der Waals surface area contributed by atoms with Crippen LogP contribution in [0.15, 0.2) is 18.2 Å².